The van der Waals surface area contributed by atoms with Gasteiger partial charge in [-0.05, 0) is 38.1 Å². The van der Waals surface area contributed by atoms with Crippen molar-refractivity contribution < 1.29 is 4.74 Å². The Morgan fingerprint density at radius 1 is 1.54 bits per heavy atom. The van der Waals surface area contributed by atoms with Gasteiger partial charge in [0.25, 0.3) is 0 Å². The lowest BCUT2D eigenvalue weighted by molar-refractivity contribution is 0.0650. The number of ether oxygens (including phenoxy) is 1. The summed E-state index contributed by atoms with van der Waals surface area (Å²) in [6.07, 6.45) is 5.49. The average Bonchev–Trinajstić information content (AvgIpc) is 2.57. The zero-order valence-electron chi connectivity index (χ0n) is 9.23. The van der Waals surface area contributed by atoms with Crippen LogP contribution in [-0.2, 0) is 4.74 Å². The Morgan fingerprint density at radius 2 is 2.31 bits per heavy atom. The van der Waals surface area contributed by atoms with Gasteiger partial charge in [-0.2, -0.15) is 0 Å². The minimum Gasteiger partial charge on any atom is -0.378 e. The second-order valence-electron chi connectivity index (χ2n) is 4.53. The van der Waals surface area contributed by atoms with Crippen molar-refractivity contribution in [1.29, 1.82) is 0 Å². The van der Waals surface area contributed by atoms with Gasteiger partial charge in [-0.1, -0.05) is 13.8 Å². The lowest BCUT2D eigenvalue weighted by Gasteiger charge is -2.30. The monoisotopic (exact) mass is 185 g/mol. The molecule has 78 valence electrons. The molecule has 13 heavy (non-hydrogen) atoms. The van der Waals surface area contributed by atoms with Gasteiger partial charge >= 0.3 is 0 Å². The van der Waals surface area contributed by atoms with Crippen LogP contribution < -0.4 is 5.32 Å². The van der Waals surface area contributed by atoms with E-state index in [0.29, 0.717) is 11.5 Å². The van der Waals surface area contributed by atoms with E-state index in [4.69, 9.17) is 4.74 Å². The first-order valence-corrected chi connectivity index (χ1v) is 5.46. The highest BCUT2D eigenvalue weighted by atomic mass is 16.5. The molecule has 1 N–H and O–H groups in total. The smallest absolute Gasteiger partial charge is 0.0581 e. The standard InChI is InChI=1S/C11H23NO/c1-4-11(2,9-12-3)8-10-6-5-7-13-10/h10,12H,4-9H2,1-3H3. The fraction of sp³-hybridized carbons (Fsp3) is 1.00. The Bertz CT molecular complexity index is 143. The van der Waals surface area contributed by atoms with Crippen LogP contribution in [0, 0.1) is 5.41 Å². The maximum absolute atomic E-state index is 5.67. The number of nitrogens with one attached hydrogen (secondary N) is 1. The van der Waals surface area contributed by atoms with Gasteiger partial charge in [0.15, 0.2) is 0 Å². The molecule has 1 saturated heterocycles. The molecule has 0 saturated carbocycles. The predicted molar refractivity (Wildman–Crippen MR) is 55.9 cm³/mol. The molecule has 0 aromatic carbocycles. The molecule has 2 nitrogen and oxygen atoms in total. The highest BCUT2D eigenvalue weighted by Gasteiger charge is 2.28. The molecule has 1 aliphatic rings. The lowest BCUT2D eigenvalue weighted by atomic mass is 9.81. The van der Waals surface area contributed by atoms with Crippen LogP contribution in [0.2, 0.25) is 0 Å². The average molecular weight is 185 g/mol. The Labute approximate surface area is 82.0 Å². The largest absolute Gasteiger partial charge is 0.378 e. The zero-order valence-corrected chi connectivity index (χ0v) is 9.23. The summed E-state index contributed by atoms with van der Waals surface area (Å²) in [4.78, 5) is 0. The highest BCUT2D eigenvalue weighted by Crippen LogP contribution is 2.31. The van der Waals surface area contributed by atoms with E-state index >= 15 is 0 Å². The van der Waals surface area contributed by atoms with Crippen molar-refractivity contribution in [1.82, 2.24) is 5.32 Å². The van der Waals surface area contributed by atoms with E-state index < -0.39 is 0 Å². The topological polar surface area (TPSA) is 21.3 Å². The Morgan fingerprint density at radius 3 is 2.77 bits per heavy atom. The Hall–Kier alpha value is -0.0800. The van der Waals surface area contributed by atoms with E-state index in [1.807, 2.05) is 7.05 Å². The minimum atomic E-state index is 0.420. The van der Waals surface area contributed by atoms with Crippen LogP contribution in [0.3, 0.4) is 0 Å². The van der Waals surface area contributed by atoms with Gasteiger partial charge in [-0.15, -0.1) is 0 Å². The van der Waals surface area contributed by atoms with E-state index in [0.717, 1.165) is 13.2 Å². The summed E-state index contributed by atoms with van der Waals surface area (Å²) in [5, 5.41) is 3.28. The molecule has 2 heteroatoms. The van der Waals surface area contributed by atoms with Crippen LogP contribution in [0.1, 0.15) is 39.5 Å². The molecule has 2 atom stereocenters. The molecule has 1 fully saturated rings. The molecule has 0 aliphatic carbocycles. The first kappa shape index (κ1) is 11.0. The van der Waals surface area contributed by atoms with E-state index in [1.165, 1.54) is 25.7 Å². The lowest BCUT2D eigenvalue weighted by Crippen LogP contribution is -2.32. The van der Waals surface area contributed by atoms with Crippen LogP contribution in [0.4, 0.5) is 0 Å². The summed E-state index contributed by atoms with van der Waals surface area (Å²) in [5.74, 6) is 0. The molecule has 0 amide bonds. The third-order valence-electron chi connectivity index (χ3n) is 3.20. The maximum atomic E-state index is 5.67. The SMILES string of the molecule is CCC(C)(CNC)CC1CCCO1. The Balaban J connectivity index is 2.36. The van der Waals surface area contributed by atoms with Gasteiger partial charge in [-0.3, -0.25) is 0 Å². The summed E-state index contributed by atoms with van der Waals surface area (Å²) < 4.78 is 5.67. The van der Waals surface area contributed by atoms with Crippen LogP contribution in [0.15, 0.2) is 0 Å². The quantitative estimate of drug-likeness (QED) is 0.709. The molecular weight excluding hydrogens is 162 g/mol. The van der Waals surface area contributed by atoms with E-state index in [-0.39, 0.29) is 0 Å². The third-order valence-corrected chi connectivity index (χ3v) is 3.20. The van der Waals surface area contributed by atoms with E-state index in [2.05, 4.69) is 19.2 Å². The van der Waals surface area contributed by atoms with Crippen LogP contribution in [0.5, 0.6) is 0 Å². The highest BCUT2D eigenvalue weighted by molar-refractivity contribution is 4.80. The second-order valence-corrected chi connectivity index (χ2v) is 4.53. The summed E-state index contributed by atoms with van der Waals surface area (Å²) in [6.45, 7) is 6.70. The molecule has 0 spiro atoms. The van der Waals surface area contributed by atoms with Gasteiger partial charge in [0.2, 0.25) is 0 Å². The van der Waals surface area contributed by atoms with Crippen molar-refractivity contribution in [2.75, 3.05) is 20.2 Å². The Kier molecular flexibility index (Phi) is 4.20. The molecule has 0 aromatic heterocycles. The number of hydrogen-bond donors (Lipinski definition) is 1. The van der Waals surface area contributed by atoms with Crippen molar-refractivity contribution >= 4 is 0 Å². The van der Waals surface area contributed by atoms with Crippen molar-refractivity contribution in [3.63, 3.8) is 0 Å². The second kappa shape index (κ2) is 4.97. The van der Waals surface area contributed by atoms with Gasteiger partial charge in [0.05, 0.1) is 6.10 Å². The fourth-order valence-electron chi connectivity index (χ4n) is 2.12. The summed E-state index contributed by atoms with van der Waals surface area (Å²) >= 11 is 0. The van der Waals surface area contributed by atoms with Crippen LogP contribution in [0.25, 0.3) is 0 Å². The van der Waals surface area contributed by atoms with Crippen molar-refractivity contribution in [3.05, 3.63) is 0 Å². The molecule has 0 bridgehead atoms. The molecule has 1 heterocycles. The molecule has 1 aliphatic heterocycles. The predicted octanol–water partition coefficient (Wildman–Crippen LogP) is 2.19. The normalized spacial score (nSPS) is 27.5. The number of rotatable bonds is 5. The van der Waals surface area contributed by atoms with Crippen molar-refractivity contribution in [3.8, 4) is 0 Å². The molecule has 0 radical (unpaired) electrons. The number of hydrogen-bond acceptors (Lipinski definition) is 2. The summed E-state index contributed by atoms with van der Waals surface area (Å²) in [6, 6.07) is 0. The first-order chi connectivity index (χ1) is 6.20. The van der Waals surface area contributed by atoms with E-state index in [1.54, 1.807) is 0 Å². The van der Waals surface area contributed by atoms with Gasteiger partial charge in [-0.25, -0.2) is 0 Å². The fourth-order valence-corrected chi connectivity index (χ4v) is 2.12. The summed E-state index contributed by atoms with van der Waals surface area (Å²) in [5.41, 5.74) is 0.420. The zero-order chi connectivity index (χ0) is 9.73. The molecule has 1 rings (SSSR count). The van der Waals surface area contributed by atoms with Gasteiger partial charge in [0.1, 0.15) is 0 Å². The van der Waals surface area contributed by atoms with Gasteiger partial charge in [0, 0.05) is 13.2 Å². The van der Waals surface area contributed by atoms with Crippen molar-refractivity contribution in [2.45, 2.75) is 45.6 Å². The van der Waals surface area contributed by atoms with E-state index in [9.17, 15) is 0 Å². The molecule has 0 aromatic rings. The molecule has 2 unspecified atom stereocenters. The minimum absolute atomic E-state index is 0.420. The molecular formula is C11H23NO. The maximum Gasteiger partial charge on any atom is 0.0581 e. The summed E-state index contributed by atoms with van der Waals surface area (Å²) in [7, 11) is 2.03. The van der Waals surface area contributed by atoms with Crippen LogP contribution >= 0.6 is 0 Å². The first-order valence-electron chi connectivity index (χ1n) is 5.46. The van der Waals surface area contributed by atoms with Crippen LogP contribution in [-0.4, -0.2) is 26.3 Å². The van der Waals surface area contributed by atoms with Crippen molar-refractivity contribution in [2.24, 2.45) is 5.41 Å². The third kappa shape index (κ3) is 3.28. The van der Waals surface area contributed by atoms with Gasteiger partial charge < -0.3 is 10.1 Å².